The molecule has 0 aromatic heterocycles. The Morgan fingerprint density at radius 2 is 1.94 bits per heavy atom. The monoisotopic (exact) mass is 244 g/mol. The molecular formula is C12H17ClO3. The zero-order valence-corrected chi connectivity index (χ0v) is 10.3. The highest BCUT2D eigenvalue weighted by Gasteiger charge is 2.16. The maximum absolute atomic E-state index is 9.27. The summed E-state index contributed by atoms with van der Waals surface area (Å²) in [5, 5.41) is 7.95. The van der Waals surface area contributed by atoms with Crippen molar-refractivity contribution in [2.24, 2.45) is 0 Å². The highest BCUT2D eigenvalue weighted by Crippen LogP contribution is 2.16. The molecule has 0 spiro atoms. The van der Waals surface area contributed by atoms with Crippen LogP contribution in [-0.2, 0) is 11.2 Å². The van der Waals surface area contributed by atoms with Gasteiger partial charge in [-0.1, -0.05) is 23.7 Å². The summed E-state index contributed by atoms with van der Waals surface area (Å²) >= 11 is 5.60. The Hall–Kier alpha value is -0.770. The van der Waals surface area contributed by atoms with Crippen molar-refractivity contribution in [1.29, 1.82) is 0 Å². The SMILES string of the molecule is COCCc1ccc(OCC(C)(O)Cl)cc1. The van der Waals surface area contributed by atoms with E-state index in [-0.39, 0.29) is 6.61 Å². The Morgan fingerprint density at radius 1 is 1.31 bits per heavy atom. The summed E-state index contributed by atoms with van der Waals surface area (Å²) in [5.74, 6) is 0.696. The van der Waals surface area contributed by atoms with Gasteiger partial charge in [0.15, 0.2) is 5.06 Å². The number of hydrogen-bond acceptors (Lipinski definition) is 3. The van der Waals surface area contributed by atoms with Crippen LogP contribution in [0.5, 0.6) is 5.75 Å². The minimum Gasteiger partial charge on any atom is -0.489 e. The first-order valence-electron chi connectivity index (χ1n) is 5.13. The number of halogens is 1. The van der Waals surface area contributed by atoms with Gasteiger partial charge in [0, 0.05) is 7.11 Å². The lowest BCUT2D eigenvalue weighted by molar-refractivity contribution is 0.0852. The number of hydrogen-bond donors (Lipinski definition) is 1. The average molecular weight is 245 g/mol. The maximum atomic E-state index is 9.27. The van der Waals surface area contributed by atoms with Crippen LogP contribution >= 0.6 is 11.6 Å². The van der Waals surface area contributed by atoms with Crippen LogP contribution in [0, 0.1) is 0 Å². The molecule has 1 unspecified atom stereocenters. The normalized spacial score (nSPS) is 14.5. The van der Waals surface area contributed by atoms with E-state index in [0.717, 1.165) is 6.42 Å². The van der Waals surface area contributed by atoms with E-state index < -0.39 is 5.06 Å². The summed E-state index contributed by atoms with van der Waals surface area (Å²) in [6.45, 7) is 2.25. The van der Waals surface area contributed by atoms with Crippen molar-refractivity contribution in [1.82, 2.24) is 0 Å². The highest BCUT2D eigenvalue weighted by molar-refractivity contribution is 6.22. The van der Waals surface area contributed by atoms with Crippen molar-refractivity contribution in [3.05, 3.63) is 29.8 Å². The number of rotatable bonds is 6. The molecule has 0 bridgehead atoms. The van der Waals surface area contributed by atoms with Crippen molar-refractivity contribution in [2.45, 2.75) is 18.4 Å². The van der Waals surface area contributed by atoms with E-state index in [1.165, 1.54) is 12.5 Å². The van der Waals surface area contributed by atoms with Crippen LogP contribution < -0.4 is 4.74 Å². The van der Waals surface area contributed by atoms with Crippen LogP contribution in [0.15, 0.2) is 24.3 Å². The molecule has 0 aliphatic rings. The van der Waals surface area contributed by atoms with Crippen molar-refractivity contribution in [3.63, 3.8) is 0 Å². The first kappa shape index (κ1) is 13.3. The van der Waals surface area contributed by atoms with Gasteiger partial charge in [0.2, 0.25) is 0 Å². The lowest BCUT2D eigenvalue weighted by atomic mass is 10.1. The molecule has 0 saturated heterocycles. The largest absolute Gasteiger partial charge is 0.489 e. The van der Waals surface area contributed by atoms with E-state index in [1.807, 2.05) is 24.3 Å². The lowest BCUT2D eigenvalue weighted by Gasteiger charge is -2.15. The third kappa shape index (κ3) is 5.35. The van der Waals surface area contributed by atoms with Gasteiger partial charge >= 0.3 is 0 Å². The number of ether oxygens (including phenoxy) is 2. The van der Waals surface area contributed by atoms with Crippen LogP contribution in [-0.4, -0.2) is 30.5 Å². The van der Waals surface area contributed by atoms with Gasteiger partial charge in [0.25, 0.3) is 0 Å². The number of methoxy groups -OCH3 is 1. The minimum atomic E-state index is -1.32. The van der Waals surface area contributed by atoms with E-state index in [1.54, 1.807) is 7.11 Å². The van der Waals surface area contributed by atoms with Gasteiger partial charge in [-0.05, 0) is 31.0 Å². The Kier molecular flexibility index (Phi) is 5.06. The van der Waals surface area contributed by atoms with E-state index >= 15 is 0 Å². The molecule has 0 radical (unpaired) electrons. The maximum Gasteiger partial charge on any atom is 0.169 e. The minimum absolute atomic E-state index is 0.0615. The van der Waals surface area contributed by atoms with Crippen LogP contribution in [0.4, 0.5) is 0 Å². The molecule has 0 aliphatic heterocycles. The summed E-state index contributed by atoms with van der Waals surface area (Å²) in [4.78, 5) is 0. The van der Waals surface area contributed by atoms with Crippen molar-refractivity contribution in [3.8, 4) is 5.75 Å². The fourth-order valence-electron chi connectivity index (χ4n) is 1.19. The Labute approximate surface area is 101 Å². The smallest absolute Gasteiger partial charge is 0.169 e. The standard InChI is InChI=1S/C12H17ClO3/c1-12(13,14)9-16-11-5-3-10(4-6-11)7-8-15-2/h3-6,14H,7-9H2,1-2H3. The van der Waals surface area contributed by atoms with Gasteiger partial charge in [-0.25, -0.2) is 0 Å². The van der Waals surface area contributed by atoms with Crippen molar-refractivity contribution >= 4 is 11.6 Å². The molecule has 1 rings (SSSR count). The number of benzene rings is 1. The molecule has 1 aromatic rings. The third-order valence-corrected chi connectivity index (χ3v) is 2.13. The zero-order valence-electron chi connectivity index (χ0n) is 9.57. The second-order valence-corrected chi connectivity index (χ2v) is 4.63. The summed E-state index contributed by atoms with van der Waals surface area (Å²) in [7, 11) is 1.68. The molecule has 1 atom stereocenters. The Bertz CT molecular complexity index is 303. The summed E-state index contributed by atoms with van der Waals surface area (Å²) < 4.78 is 10.3. The molecule has 3 nitrogen and oxygen atoms in total. The topological polar surface area (TPSA) is 38.7 Å². The summed E-state index contributed by atoms with van der Waals surface area (Å²) in [6.07, 6.45) is 0.879. The Balaban J connectivity index is 2.45. The fourth-order valence-corrected chi connectivity index (χ4v) is 1.24. The summed E-state index contributed by atoms with van der Waals surface area (Å²) in [6, 6.07) is 7.65. The second kappa shape index (κ2) is 6.09. The average Bonchev–Trinajstić information content (AvgIpc) is 2.24. The molecular weight excluding hydrogens is 228 g/mol. The molecule has 1 aromatic carbocycles. The van der Waals surface area contributed by atoms with Gasteiger partial charge in [-0.15, -0.1) is 0 Å². The van der Waals surface area contributed by atoms with E-state index in [0.29, 0.717) is 12.4 Å². The number of aliphatic hydroxyl groups is 1. The predicted octanol–water partition coefficient (Wildman–Crippen LogP) is 2.20. The molecule has 0 aliphatic carbocycles. The van der Waals surface area contributed by atoms with Crippen LogP contribution in [0.2, 0.25) is 0 Å². The molecule has 1 N–H and O–H groups in total. The van der Waals surface area contributed by atoms with Gasteiger partial charge in [-0.2, -0.15) is 0 Å². The van der Waals surface area contributed by atoms with Crippen LogP contribution in [0.3, 0.4) is 0 Å². The lowest BCUT2D eigenvalue weighted by Crippen LogP contribution is -2.24. The fraction of sp³-hybridized carbons (Fsp3) is 0.500. The molecule has 0 heterocycles. The molecule has 90 valence electrons. The van der Waals surface area contributed by atoms with Crippen molar-refractivity contribution < 1.29 is 14.6 Å². The predicted molar refractivity (Wildman–Crippen MR) is 64.0 cm³/mol. The van der Waals surface area contributed by atoms with E-state index in [2.05, 4.69) is 0 Å². The first-order chi connectivity index (χ1) is 7.51. The molecule has 16 heavy (non-hydrogen) atoms. The number of alkyl halides is 1. The van der Waals surface area contributed by atoms with Gasteiger partial charge in [0.1, 0.15) is 12.4 Å². The van der Waals surface area contributed by atoms with Gasteiger partial charge in [-0.3, -0.25) is 0 Å². The molecule has 0 saturated carbocycles. The van der Waals surface area contributed by atoms with Crippen molar-refractivity contribution in [2.75, 3.05) is 20.3 Å². The molecule has 4 heteroatoms. The molecule has 0 fully saturated rings. The van der Waals surface area contributed by atoms with E-state index in [4.69, 9.17) is 21.1 Å². The quantitative estimate of drug-likeness (QED) is 0.780. The Morgan fingerprint density at radius 3 is 2.44 bits per heavy atom. The zero-order chi connectivity index (χ0) is 12.0. The summed E-state index contributed by atoms with van der Waals surface area (Å²) in [5.41, 5.74) is 1.19. The van der Waals surface area contributed by atoms with Gasteiger partial charge < -0.3 is 14.6 Å². The van der Waals surface area contributed by atoms with E-state index in [9.17, 15) is 5.11 Å². The highest BCUT2D eigenvalue weighted by atomic mass is 35.5. The third-order valence-electron chi connectivity index (χ3n) is 2.02. The van der Waals surface area contributed by atoms with Crippen LogP contribution in [0.25, 0.3) is 0 Å². The van der Waals surface area contributed by atoms with Gasteiger partial charge in [0.05, 0.1) is 6.61 Å². The van der Waals surface area contributed by atoms with Crippen LogP contribution in [0.1, 0.15) is 12.5 Å². The molecule has 0 amide bonds. The first-order valence-corrected chi connectivity index (χ1v) is 5.51. The second-order valence-electron chi connectivity index (χ2n) is 3.82.